The number of amides is 2. The number of carbonyl (C=O) groups excluding carboxylic acids is 1. The average Bonchev–Trinajstić information content (AvgIpc) is 2.37. The molecule has 0 aliphatic rings. The lowest BCUT2D eigenvalue weighted by molar-refractivity contribution is 0.254. The van der Waals surface area contributed by atoms with E-state index in [-0.39, 0.29) is 11.9 Å². The summed E-state index contributed by atoms with van der Waals surface area (Å²) in [4.78, 5) is 11.2. The van der Waals surface area contributed by atoms with Gasteiger partial charge in [0.15, 0.2) is 5.84 Å². The molecule has 0 radical (unpaired) electrons. The van der Waals surface area contributed by atoms with Crippen molar-refractivity contribution in [3.63, 3.8) is 0 Å². The molecule has 0 aromatic heterocycles. The van der Waals surface area contributed by atoms with Gasteiger partial charge in [0.1, 0.15) is 5.75 Å². The van der Waals surface area contributed by atoms with Gasteiger partial charge in [-0.05, 0) is 18.2 Å². The molecule has 0 atom stereocenters. The Morgan fingerprint density at radius 2 is 2.24 bits per heavy atom. The lowest BCUT2D eigenvalue weighted by Crippen LogP contribution is -2.24. The normalized spacial score (nSPS) is 10.8. The summed E-state index contributed by atoms with van der Waals surface area (Å²) in [5, 5.41) is 16.4. The van der Waals surface area contributed by atoms with Crippen LogP contribution in [0.2, 0.25) is 0 Å². The topological polar surface area (TPSA) is 109 Å². The molecule has 0 fully saturated rings. The zero-order valence-corrected chi connectivity index (χ0v) is 9.52. The SMILES string of the molecule is CNC(=O)Nc1ccc(/C(N)=N/O)cc1OC. The van der Waals surface area contributed by atoms with Crippen molar-refractivity contribution in [3.05, 3.63) is 23.8 Å². The van der Waals surface area contributed by atoms with Crippen LogP contribution in [0.3, 0.4) is 0 Å². The van der Waals surface area contributed by atoms with E-state index >= 15 is 0 Å². The third-order valence-electron chi connectivity index (χ3n) is 2.08. The lowest BCUT2D eigenvalue weighted by Gasteiger charge is -2.11. The van der Waals surface area contributed by atoms with Crippen molar-refractivity contribution >= 4 is 17.6 Å². The lowest BCUT2D eigenvalue weighted by atomic mass is 10.1. The van der Waals surface area contributed by atoms with E-state index in [9.17, 15) is 4.79 Å². The van der Waals surface area contributed by atoms with E-state index in [2.05, 4.69) is 15.8 Å². The predicted molar refractivity (Wildman–Crippen MR) is 63.6 cm³/mol. The average molecular weight is 238 g/mol. The Balaban J connectivity index is 3.05. The minimum atomic E-state index is -0.361. The molecule has 92 valence electrons. The number of hydrogen-bond acceptors (Lipinski definition) is 4. The fraction of sp³-hybridized carbons (Fsp3) is 0.200. The fourth-order valence-corrected chi connectivity index (χ4v) is 1.20. The number of methoxy groups -OCH3 is 1. The first kappa shape index (κ1) is 12.6. The van der Waals surface area contributed by atoms with Gasteiger partial charge >= 0.3 is 6.03 Å². The molecule has 2 amide bonds. The molecule has 0 aliphatic carbocycles. The van der Waals surface area contributed by atoms with Crippen LogP contribution >= 0.6 is 0 Å². The Bertz CT molecular complexity index is 445. The van der Waals surface area contributed by atoms with Crippen molar-refractivity contribution in [2.75, 3.05) is 19.5 Å². The van der Waals surface area contributed by atoms with Gasteiger partial charge in [-0.1, -0.05) is 5.16 Å². The molecule has 7 heteroatoms. The van der Waals surface area contributed by atoms with Crippen molar-refractivity contribution in [1.29, 1.82) is 0 Å². The van der Waals surface area contributed by atoms with E-state index in [4.69, 9.17) is 15.7 Å². The van der Waals surface area contributed by atoms with E-state index in [0.717, 1.165) is 0 Å². The predicted octanol–water partition coefficient (Wildman–Crippen LogP) is 0.541. The van der Waals surface area contributed by atoms with E-state index < -0.39 is 0 Å². The van der Waals surface area contributed by atoms with E-state index in [1.807, 2.05) is 0 Å². The molecular weight excluding hydrogens is 224 g/mol. The summed E-state index contributed by atoms with van der Waals surface area (Å²) < 4.78 is 5.09. The largest absolute Gasteiger partial charge is 0.495 e. The number of rotatable bonds is 3. The number of oxime groups is 1. The Hall–Kier alpha value is -2.44. The van der Waals surface area contributed by atoms with Crippen molar-refractivity contribution in [3.8, 4) is 5.75 Å². The molecule has 1 aromatic rings. The zero-order valence-electron chi connectivity index (χ0n) is 9.52. The Morgan fingerprint density at radius 1 is 1.53 bits per heavy atom. The number of carbonyl (C=O) groups is 1. The second kappa shape index (κ2) is 5.59. The first-order chi connectivity index (χ1) is 8.12. The smallest absolute Gasteiger partial charge is 0.319 e. The van der Waals surface area contributed by atoms with Gasteiger partial charge in [-0.3, -0.25) is 0 Å². The second-order valence-electron chi connectivity index (χ2n) is 3.10. The molecule has 17 heavy (non-hydrogen) atoms. The Kier molecular flexibility index (Phi) is 4.15. The molecule has 0 unspecified atom stereocenters. The molecule has 0 bridgehead atoms. The zero-order chi connectivity index (χ0) is 12.8. The fourth-order valence-electron chi connectivity index (χ4n) is 1.20. The molecule has 1 rings (SSSR count). The highest BCUT2D eigenvalue weighted by Gasteiger charge is 2.08. The quantitative estimate of drug-likeness (QED) is 0.266. The highest BCUT2D eigenvalue weighted by atomic mass is 16.5. The van der Waals surface area contributed by atoms with Crippen LogP contribution in [0.1, 0.15) is 5.56 Å². The monoisotopic (exact) mass is 238 g/mol. The van der Waals surface area contributed by atoms with Crippen LogP contribution in [0.4, 0.5) is 10.5 Å². The van der Waals surface area contributed by atoms with E-state index in [1.54, 1.807) is 18.2 Å². The van der Waals surface area contributed by atoms with Crippen molar-refractivity contribution < 1.29 is 14.7 Å². The molecule has 0 aliphatic heterocycles. The highest BCUT2D eigenvalue weighted by Crippen LogP contribution is 2.25. The number of nitrogens with one attached hydrogen (secondary N) is 2. The third kappa shape index (κ3) is 3.00. The maximum Gasteiger partial charge on any atom is 0.319 e. The number of amidine groups is 1. The minimum Gasteiger partial charge on any atom is -0.495 e. The van der Waals surface area contributed by atoms with Crippen LogP contribution in [0.15, 0.2) is 23.4 Å². The highest BCUT2D eigenvalue weighted by molar-refractivity contribution is 5.99. The van der Waals surface area contributed by atoms with Gasteiger partial charge in [0, 0.05) is 12.6 Å². The van der Waals surface area contributed by atoms with Crippen LogP contribution in [-0.4, -0.2) is 31.2 Å². The van der Waals surface area contributed by atoms with Gasteiger partial charge in [0.2, 0.25) is 0 Å². The first-order valence-electron chi connectivity index (χ1n) is 4.77. The van der Waals surface area contributed by atoms with Gasteiger partial charge < -0.3 is 26.3 Å². The van der Waals surface area contributed by atoms with Gasteiger partial charge in [-0.25, -0.2) is 4.79 Å². The van der Waals surface area contributed by atoms with Crippen LogP contribution in [-0.2, 0) is 0 Å². The van der Waals surface area contributed by atoms with E-state index in [1.165, 1.54) is 14.2 Å². The maximum absolute atomic E-state index is 11.2. The first-order valence-corrected chi connectivity index (χ1v) is 4.77. The number of hydrogen-bond donors (Lipinski definition) is 4. The summed E-state index contributed by atoms with van der Waals surface area (Å²) in [7, 11) is 2.97. The Labute approximate surface area is 98.2 Å². The molecule has 0 heterocycles. The molecule has 5 N–H and O–H groups in total. The number of benzene rings is 1. The maximum atomic E-state index is 11.2. The summed E-state index contributed by atoms with van der Waals surface area (Å²) in [6.45, 7) is 0. The summed E-state index contributed by atoms with van der Waals surface area (Å²) in [5.41, 5.74) is 6.42. The third-order valence-corrected chi connectivity index (χ3v) is 2.08. The van der Waals surface area contributed by atoms with Gasteiger partial charge in [-0.15, -0.1) is 0 Å². The molecule has 0 saturated heterocycles. The summed E-state index contributed by atoms with van der Waals surface area (Å²) in [5.74, 6) is 0.382. The van der Waals surface area contributed by atoms with Crippen LogP contribution in [0, 0.1) is 0 Å². The van der Waals surface area contributed by atoms with Crippen LogP contribution in [0.25, 0.3) is 0 Å². The van der Waals surface area contributed by atoms with Crippen molar-refractivity contribution in [2.45, 2.75) is 0 Å². The van der Waals surface area contributed by atoms with Gasteiger partial charge in [-0.2, -0.15) is 0 Å². The molecule has 1 aromatic carbocycles. The number of nitrogens with two attached hydrogens (primary N) is 1. The molecular formula is C10H14N4O3. The molecule has 0 spiro atoms. The minimum absolute atomic E-state index is 0.0326. The van der Waals surface area contributed by atoms with Crippen LogP contribution in [0.5, 0.6) is 5.75 Å². The van der Waals surface area contributed by atoms with Crippen molar-refractivity contribution in [1.82, 2.24) is 5.32 Å². The van der Waals surface area contributed by atoms with Crippen molar-refractivity contribution in [2.24, 2.45) is 10.9 Å². The molecule has 7 nitrogen and oxygen atoms in total. The standard InChI is InChI=1S/C10H14N4O3/c1-12-10(15)13-7-4-3-6(9(11)14-16)5-8(7)17-2/h3-5,16H,1-2H3,(H2,11,14)(H2,12,13,15). The summed E-state index contributed by atoms with van der Waals surface area (Å²) in [6, 6.07) is 4.39. The van der Waals surface area contributed by atoms with Gasteiger partial charge in [0.25, 0.3) is 0 Å². The van der Waals surface area contributed by atoms with E-state index in [0.29, 0.717) is 17.0 Å². The number of urea groups is 1. The van der Waals surface area contributed by atoms with Gasteiger partial charge in [0.05, 0.1) is 12.8 Å². The number of ether oxygens (including phenoxy) is 1. The number of nitrogens with zero attached hydrogens (tertiary/aromatic N) is 1. The Morgan fingerprint density at radius 3 is 2.76 bits per heavy atom. The van der Waals surface area contributed by atoms with Crippen LogP contribution < -0.4 is 21.1 Å². The summed E-state index contributed by atoms with van der Waals surface area (Å²) in [6.07, 6.45) is 0. The summed E-state index contributed by atoms with van der Waals surface area (Å²) >= 11 is 0. The number of anilines is 1. The molecule has 0 saturated carbocycles. The second-order valence-corrected chi connectivity index (χ2v) is 3.10.